The lowest BCUT2D eigenvalue weighted by Gasteiger charge is -2.08. The average Bonchev–Trinajstić information content (AvgIpc) is 2.16. The van der Waals surface area contributed by atoms with Crippen LogP contribution in [-0.4, -0.2) is 12.9 Å². The van der Waals surface area contributed by atoms with Gasteiger partial charge in [0.1, 0.15) is 6.67 Å². The third kappa shape index (κ3) is 1.89. The van der Waals surface area contributed by atoms with Gasteiger partial charge in [-0.25, -0.2) is 8.78 Å². The summed E-state index contributed by atoms with van der Waals surface area (Å²) in [6, 6.07) is 2.32. The van der Waals surface area contributed by atoms with Crippen LogP contribution < -0.4 is 4.74 Å². The molecule has 1 aromatic carbocycles. The summed E-state index contributed by atoms with van der Waals surface area (Å²) in [7, 11) is 1.26. The van der Waals surface area contributed by atoms with Gasteiger partial charge < -0.3 is 4.74 Å². The molecule has 0 spiro atoms. The SMILES string of the molecule is COc1c(F)cc(CF)cc1C(C)=O. The highest BCUT2D eigenvalue weighted by Crippen LogP contribution is 2.25. The Morgan fingerprint density at radius 2 is 2.14 bits per heavy atom. The van der Waals surface area contributed by atoms with Crippen molar-refractivity contribution in [3.8, 4) is 5.75 Å². The second-order valence-electron chi connectivity index (χ2n) is 2.85. The molecule has 0 fully saturated rings. The number of hydrogen-bond donors (Lipinski definition) is 0. The number of carbonyl (C=O) groups is 1. The van der Waals surface area contributed by atoms with Gasteiger partial charge in [0.15, 0.2) is 17.3 Å². The highest BCUT2D eigenvalue weighted by atomic mass is 19.1. The number of ketones is 1. The van der Waals surface area contributed by atoms with Gasteiger partial charge in [0, 0.05) is 0 Å². The fourth-order valence-corrected chi connectivity index (χ4v) is 1.20. The van der Waals surface area contributed by atoms with Crippen molar-refractivity contribution in [2.24, 2.45) is 0 Å². The van der Waals surface area contributed by atoms with E-state index in [0.717, 1.165) is 6.07 Å². The molecule has 0 saturated carbocycles. The highest BCUT2D eigenvalue weighted by Gasteiger charge is 2.14. The molecule has 0 aliphatic carbocycles. The standard InChI is InChI=1S/C10H10F2O2/c1-6(13)8-3-7(5-11)4-9(12)10(8)14-2/h3-4H,5H2,1-2H3. The van der Waals surface area contributed by atoms with Crippen molar-refractivity contribution in [1.29, 1.82) is 0 Å². The van der Waals surface area contributed by atoms with Crippen LogP contribution in [0, 0.1) is 5.82 Å². The second kappa shape index (κ2) is 4.17. The van der Waals surface area contributed by atoms with Gasteiger partial charge in [0.2, 0.25) is 0 Å². The second-order valence-corrected chi connectivity index (χ2v) is 2.85. The van der Waals surface area contributed by atoms with Crippen LogP contribution in [0.2, 0.25) is 0 Å². The summed E-state index contributed by atoms with van der Waals surface area (Å²) in [6.07, 6.45) is 0. The first kappa shape index (κ1) is 10.6. The Bertz CT molecular complexity index is 361. The van der Waals surface area contributed by atoms with E-state index in [1.807, 2.05) is 0 Å². The van der Waals surface area contributed by atoms with Crippen molar-refractivity contribution in [1.82, 2.24) is 0 Å². The van der Waals surface area contributed by atoms with E-state index < -0.39 is 12.5 Å². The average molecular weight is 200 g/mol. The van der Waals surface area contributed by atoms with Crippen LogP contribution in [0.15, 0.2) is 12.1 Å². The lowest BCUT2D eigenvalue weighted by Crippen LogP contribution is -2.01. The third-order valence-corrected chi connectivity index (χ3v) is 1.84. The molecular formula is C10H10F2O2. The van der Waals surface area contributed by atoms with Gasteiger partial charge in [0.25, 0.3) is 0 Å². The molecule has 0 aliphatic rings. The number of halogens is 2. The van der Waals surface area contributed by atoms with Crippen molar-refractivity contribution >= 4 is 5.78 Å². The number of methoxy groups -OCH3 is 1. The molecule has 2 nitrogen and oxygen atoms in total. The van der Waals surface area contributed by atoms with Crippen LogP contribution in [0.25, 0.3) is 0 Å². The molecule has 14 heavy (non-hydrogen) atoms. The summed E-state index contributed by atoms with van der Waals surface area (Å²) >= 11 is 0. The van der Waals surface area contributed by atoms with E-state index in [2.05, 4.69) is 0 Å². The summed E-state index contributed by atoms with van der Waals surface area (Å²) in [5.74, 6) is -1.20. The van der Waals surface area contributed by atoms with Crippen LogP contribution in [0.3, 0.4) is 0 Å². The highest BCUT2D eigenvalue weighted by molar-refractivity contribution is 5.97. The molecule has 0 N–H and O–H groups in total. The molecule has 4 heteroatoms. The topological polar surface area (TPSA) is 26.3 Å². The maximum atomic E-state index is 13.2. The van der Waals surface area contributed by atoms with Crippen LogP contribution in [0.5, 0.6) is 5.75 Å². The first-order valence-corrected chi connectivity index (χ1v) is 4.03. The van der Waals surface area contributed by atoms with Gasteiger partial charge in [-0.1, -0.05) is 0 Å². The van der Waals surface area contributed by atoms with Crippen molar-refractivity contribution in [2.75, 3.05) is 7.11 Å². The van der Waals surface area contributed by atoms with Crippen LogP contribution in [0.4, 0.5) is 8.78 Å². The van der Waals surface area contributed by atoms with Crippen LogP contribution >= 0.6 is 0 Å². The summed E-state index contributed by atoms with van der Waals surface area (Å²) in [6.45, 7) is 0.473. The molecule has 0 bridgehead atoms. The quantitative estimate of drug-likeness (QED) is 0.701. The number of benzene rings is 1. The molecule has 0 amide bonds. The summed E-state index contributed by atoms with van der Waals surface area (Å²) in [5, 5.41) is 0. The summed E-state index contributed by atoms with van der Waals surface area (Å²) in [4.78, 5) is 11.1. The number of carbonyl (C=O) groups excluding carboxylic acids is 1. The van der Waals surface area contributed by atoms with Gasteiger partial charge >= 0.3 is 0 Å². The number of Topliss-reactive ketones (excluding diaryl/α,β-unsaturated/α-hetero) is 1. The normalized spacial score (nSPS) is 10.0. The zero-order valence-electron chi connectivity index (χ0n) is 7.93. The molecule has 0 unspecified atom stereocenters. The number of rotatable bonds is 3. The van der Waals surface area contributed by atoms with E-state index >= 15 is 0 Å². The van der Waals surface area contributed by atoms with Crippen molar-refractivity contribution in [2.45, 2.75) is 13.6 Å². The Hall–Kier alpha value is -1.45. The number of ether oxygens (including phenoxy) is 1. The zero-order chi connectivity index (χ0) is 10.7. The number of alkyl halides is 1. The molecule has 0 aromatic heterocycles. The number of hydrogen-bond acceptors (Lipinski definition) is 2. The molecule has 1 aromatic rings. The molecule has 0 aliphatic heterocycles. The summed E-state index contributed by atoms with van der Waals surface area (Å²) < 4.78 is 30.2. The minimum absolute atomic E-state index is 0.0696. The fourth-order valence-electron chi connectivity index (χ4n) is 1.20. The maximum Gasteiger partial charge on any atom is 0.166 e. The predicted molar refractivity (Wildman–Crippen MR) is 47.8 cm³/mol. The van der Waals surface area contributed by atoms with E-state index in [0.29, 0.717) is 0 Å². The minimum Gasteiger partial charge on any atom is -0.493 e. The maximum absolute atomic E-state index is 13.2. The van der Waals surface area contributed by atoms with Gasteiger partial charge in [-0.2, -0.15) is 0 Å². The Morgan fingerprint density at radius 3 is 2.57 bits per heavy atom. The van der Waals surface area contributed by atoms with Gasteiger partial charge in [0.05, 0.1) is 12.7 Å². The Balaban J connectivity index is 3.35. The van der Waals surface area contributed by atoms with Crippen LogP contribution in [-0.2, 0) is 6.67 Å². The molecule has 76 valence electrons. The molecule has 0 atom stereocenters. The zero-order valence-corrected chi connectivity index (χ0v) is 7.93. The van der Waals surface area contributed by atoms with Crippen molar-refractivity contribution in [3.05, 3.63) is 29.1 Å². The van der Waals surface area contributed by atoms with Gasteiger partial charge in [-0.05, 0) is 24.6 Å². The van der Waals surface area contributed by atoms with Gasteiger partial charge in [-0.3, -0.25) is 4.79 Å². The Morgan fingerprint density at radius 1 is 1.50 bits per heavy atom. The van der Waals surface area contributed by atoms with E-state index in [1.165, 1.54) is 20.1 Å². The predicted octanol–water partition coefficient (Wildman–Crippen LogP) is 2.51. The smallest absolute Gasteiger partial charge is 0.166 e. The monoisotopic (exact) mass is 200 g/mol. The Kier molecular flexibility index (Phi) is 3.17. The lowest BCUT2D eigenvalue weighted by molar-refractivity contribution is 0.101. The van der Waals surface area contributed by atoms with Crippen LogP contribution in [0.1, 0.15) is 22.8 Å². The molecule has 1 rings (SSSR count). The van der Waals surface area contributed by atoms with E-state index in [1.54, 1.807) is 0 Å². The Labute approximate surface area is 80.5 Å². The molecule has 0 radical (unpaired) electrons. The fraction of sp³-hybridized carbons (Fsp3) is 0.300. The van der Waals surface area contributed by atoms with E-state index in [-0.39, 0.29) is 22.7 Å². The lowest BCUT2D eigenvalue weighted by atomic mass is 10.1. The van der Waals surface area contributed by atoms with Crippen molar-refractivity contribution < 1.29 is 18.3 Å². The first-order chi connectivity index (χ1) is 6.60. The van der Waals surface area contributed by atoms with E-state index in [9.17, 15) is 13.6 Å². The minimum atomic E-state index is -0.804. The molecular weight excluding hydrogens is 190 g/mol. The van der Waals surface area contributed by atoms with Crippen molar-refractivity contribution in [3.63, 3.8) is 0 Å². The van der Waals surface area contributed by atoms with Gasteiger partial charge in [-0.15, -0.1) is 0 Å². The molecule has 0 heterocycles. The van der Waals surface area contributed by atoms with E-state index in [4.69, 9.17) is 4.74 Å². The molecule has 0 saturated heterocycles. The third-order valence-electron chi connectivity index (χ3n) is 1.84. The largest absolute Gasteiger partial charge is 0.493 e. The summed E-state index contributed by atoms with van der Waals surface area (Å²) in [5.41, 5.74) is 0.202. The first-order valence-electron chi connectivity index (χ1n) is 4.03.